The van der Waals surface area contributed by atoms with Gasteiger partial charge in [0.1, 0.15) is 0 Å². The highest BCUT2D eigenvalue weighted by molar-refractivity contribution is 8.00. The average Bonchev–Trinajstić information content (AvgIpc) is 3.05. The molecule has 1 fully saturated rings. The van der Waals surface area contributed by atoms with E-state index < -0.39 is 0 Å². The van der Waals surface area contributed by atoms with Crippen molar-refractivity contribution in [2.75, 3.05) is 18.8 Å². The zero-order valence-electron chi connectivity index (χ0n) is 13.6. The van der Waals surface area contributed by atoms with Crippen molar-refractivity contribution in [3.05, 3.63) is 59.2 Å². The van der Waals surface area contributed by atoms with Gasteiger partial charge in [0, 0.05) is 24.4 Å². The van der Waals surface area contributed by atoms with Crippen molar-refractivity contribution in [2.24, 2.45) is 5.73 Å². The first-order valence-corrected chi connectivity index (χ1v) is 8.96. The molecule has 1 unspecified atom stereocenters. The summed E-state index contributed by atoms with van der Waals surface area (Å²) in [6, 6.07) is 14.2. The van der Waals surface area contributed by atoms with Crippen LogP contribution in [-0.2, 0) is 0 Å². The van der Waals surface area contributed by atoms with Crippen molar-refractivity contribution >= 4 is 17.7 Å². The summed E-state index contributed by atoms with van der Waals surface area (Å²) in [5.41, 5.74) is 11.2. The molecular formula is C19H22N2OS. The minimum Gasteiger partial charge on any atom is -0.328 e. The van der Waals surface area contributed by atoms with Crippen LogP contribution in [0.25, 0.3) is 11.1 Å². The molecule has 3 nitrogen and oxygen atoms in total. The second-order valence-electron chi connectivity index (χ2n) is 5.90. The molecular weight excluding hydrogens is 304 g/mol. The SMILES string of the molecule is Cc1ccc(-c2ccccc2C(=O)N2CCSC2CN)cc1C. The zero-order chi connectivity index (χ0) is 16.4. The van der Waals surface area contributed by atoms with E-state index in [0.717, 1.165) is 29.0 Å². The van der Waals surface area contributed by atoms with Gasteiger partial charge in [-0.25, -0.2) is 0 Å². The molecule has 1 heterocycles. The number of amides is 1. The van der Waals surface area contributed by atoms with Gasteiger partial charge in [-0.2, -0.15) is 0 Å². The number of thioether (sulfide) groups is 1. The van der Waals surface area contributed by atoms with E-state index in [0.29, 0.717) is 6.54 Å². The Labute approximate surface area is 141 Å². The Balaban J connectivity index is 2.00. The largest absolute Gasteiger partial charge is 0.328 e. The molecule has 0 saturated carbocycles. The number of hydrogen-bond donors (Lipinski definition) is 1. The number of aryl methyl sites for hydroxylation is 2. The van der Waals surface area contributed by atoms with Crippen LogP contribution in [0.1, 0.15) is 21.5 Å². The number of benzene rings is 2. The van der Waals surface area contributed by atoms with Crippen molar-refractivity contribution in [1.82, 2.24) is 4.90 Å². The number of nitrogens with two attached hydrogens (primary N) is 1. The van der Waals surface area contributed by atoms with E-state index in [1.807, 2.05) is 29.2 Å². The Hall–Kier alpha value is -1.78. The summed E-state index contributed by atoms with van der Waals surface area (Å²) in [7, 11) is 0. The van der Waals surface area contributed by atoms with Crippen LogP contribution >= 0.6 is 11.8 Å². The van der Waals surface area contributed by atoms with Gasteiger partial charge in [-0.3, -0.25) is 4.79 Å². The van der Waals surface area contributed by atoms with Crippen molar-refractivity contribution in [2.45, 2.75) is 19.2 Å². The molecule has 3 rings (SSSR count). The Kier molecular flexibility index (Phi) is 4.74. The molecule has 2 N–H and O–H groups in total. The summed E-state index contributed by atoms with van der Waals surface area (Å²) in [5, 5.41) is 0.0929. The summed E-state index contributed by atoms with van der Waals surface area (Å²) in [5.74, 6) is 1.04. The van der Waals surface area contributed by atoms with E-state index >= 15 is 0 Å². The number of carbonyl (C=O) groups is 1. The molecule has 4 heteroatoms. The maximum atomic E-state index is 13.0. The molecule has 1 atom stereocenters. The third-order valence-electron chi connectivity index (χ3n) is 4.43. The summed E-state index contributed by atoms with van der Waals surface area (Å²) >= 11 is 1.76. The molecule has 1 saturated heterocycles. The van der Waals surface area contributed by atoms with Crippen LogP contribution in [0.3, 0.4) is 0 Å². The van der Waals surface area contributed by atoms with Gasteiger partial charge in [-0.15, -0.1) is 11.8 Å². The molecule has 0 aromatic heterocycles. The van der Waals surface area contributed by atoms with Crippen molar-refractivity contribution in [1.29, 1.82) is 0 Å². The van der Waals surface area contributed by atoms with Crippen LogP contribution in [0.4, 0.5) is 0 Å². The fourth-order valence-electron chi connectivity index (χ4n) is 2.93. The summed E-state index contributed by atoms with van der Waals surface area (Å²) < 4.78 is 0. The summed E-state index contributed by atoms with van der Waals surface area (Å²) in [6.45, 7) is 5.48. The van der Waals surface area contributed by atoms with Crippen LogP contribution in [0.15, 0.2) is 42.5 Å². The molecule has 1 amide bonds. The van der Waals surface area contributed by atoms with Gasteiger partial charge in [0.15, 0.2) is 0 Å². The van der Waals surface area contributed by atoms with Gasteiger partial charge in [-0.05, 0) is 42.2 Å². The van der Waals surface area contributed by atoms with E-state index in [2.05, 4.69) is 32.0 Å². The Morgan fingerprint density at radius 1 is 1.22 bits per heavy atom. The van der Waals surface area contributed by atoms with Gasteiger partial charge < -0.3 is 10.6 Å². The molecule has 120 valence electrons. The lowest BCUT2D eigenvalue weighted by atomic mass is 9.96. The minimum atomic E-state index is 0.0827. The molecule has 2 aromatic carbocycles. The normalized spacial score (nSPS) is 17.5. The summed E-state index contributed by atoms with van der Waals surface area (Å²) in [4.78, 5) is 14.9. The van der Waals surface area contributed by atoms with Crippen LogP contribution in [0.5, 0.6) is 0 Å². The third-order valence-corrected chi connectivity index (χ3v) is 5.68. The molecule has 1 aliphatic rings. The first-order valence-electron chi connectivity index (χ1n) is 7.91. The highest BCUT2D eigenvalue weighted by atomic mass is 32.2. The topological polar surface area (TPSA) is 46.3 Å². The van der Waals surface area contributed by atoms with Gasteiger partial charge in [0.05, 0.1) is 5.37 Å². The fourth-order valence-corrected chi connectivity index (χ4v) is 4.03. The lowest BCUT2D eigenvalue weighted by Gasteiger charge is -2.24. The molecule has 1 aliphatic heterocycles. The van der Waals surface area contributed by atoms with Crippen LogP contribution in [0, 0.1) is 13.8 Å². The highest BCUT2D eigenvalue weighted by Gasteiger charge is 2.30. The second kappa shape index (κ2) is 6.77. The maximum absolute atomic E-state index is 13.0. The molecule has 23 heavy (non-hydrogen) atoms. The molecule has 0 aliphatic carbocycles. The lowest BCUT2D eigenvalue weighted by molar-refractivity contribution is 0.0765. The van der Waals surface area contributed by atoms with E-state index in [-0.39, 0.29) is 11.3 Å². The Bertz CT molecular complexity index is 729. The van der Waals surface area contributed by atoms with E-state index in [4.69, 9.17) is 5.73 Å². The van der Waals surface area contributed by atoms with Crippen molar-refractivity contribution in [3.8, 4) is 11.1 Å². The lowest BCUT2D eigenvalue weighted by Crippen LogP contribution is -2.39. The Morgan fingerprint density at radius 3 is 2.74 bits per heavy atom. The van der Waals surface area contributed by atoms with E-state index in [1.165, 1.54) is 11.1 Å². The third kappa shape index (κ3) is 3.14. The fraction of sp³-hybridized carbons (Fsp3) is 0.316. The predicted molar refractivity (Wildman–Crippen MR) is 97.7 cm³/mol. The van der Waals surface area contributed by atoms with Gasteiger partial charge in [0.2, 0.25) is 0 Å². The first-order chi connectivity index (χ1) is 11.1. The Morgan fingerprint density at radius 2 is 2.00 bits per heavy atom. The number of carbonyl (C=O) groups excluding carboxylic acids is 1. The number of nitrogens with zero attached hydrogens (tertiary/aromatic N) is 1. The molecule has 0 bridgehead atoms. The number of rotatable bonds is 3. The molecule has 0 spiro atoms. The standard InChI is InChI=1S/C19H22N2OS/c1-13-7-8-15(11-14(13)2)16-5-3-4-6-17(16)19(22)21-9-10-23-18(21)12-20/h3-8,11,18H,9-10,12,20H2,1-2H3. The number of hydrogen-bond acceptors (Lipinski definition) is 3. The van der Waals surface area contributed by atoms with Crippen molar-refractivity contribution < 1.29 is 4.79 Å². The predicted octanol–water partition coefficient (Wildman–Crippen LogP) is 3.44. The average molecular weight is 326 g/mol. The van der Waals surface area contributed by atoms with Gasteiger partial charge in [-0.1, -0.05) is 36.4 Å². The monoisotopic (exact) mass is 326 g/mol. The second-order valence-corrected chi connectivity index (χ2v) is 7.19. The first kappa shape index (κ1) is 16.1. The molecule has 0 radical (unpaired) electrons. The molecule has 2 aromatic rings. The van der Waals surface area contributed by atoms with Crippen LogP contribution < -0.4 is 5.73 Å². The van der Waals surface area contributed by atoms with Crippen LogP contribution in [-0.4, -0.2) is 35.0 Å². The van der Waals surface area contributed by atoms with Crippen molar-refractivity contribution in [3.63, 3.8) is 0 Å². The minimum absolute atomic E-state index is 0.0827. The van der Waals surface area contributed by atoms with E-state index in [9.17, 15) is 4.79 Å². The van der Waals surface area contributed by atoms with Gasteiger partial charge >= 0.3 is 0 Å². The smallest absolute Gasteiger partial charge is 0.255 e. The highest BCUT2D eigenvalue weighted by Crippen LogP contribution is 2.30. The quantitative estimate of drug-likeness (QED) is 0.940. The van der Waals surface area contributed by atoms with E-state index in [1.54, 1.807) is 11.8 Å². The van der Waals surface area contributed by atoms with Gasteiger partial charge in [0.25, 0.3) is 5.91 Å². The zero-order valence-corrected chi connectivity index (χ0v) is 14.4. The van der Waals surface area contributed by atoms with Crippen LogP contribution in [0.2, 0.25) is 0 Å². The maximum Gasteiger partial charge on any atom is 0.255 e. The summed E-state index contributed by atoms with van der Waals surface area (Å²) in [6.07, 6.45) is 0.